The van der Waals surface area contributed by atoms with Gasteiger partial charge in [0.25, 0.3) is 0 Å². The predicted octanol–water partition coefficient (Wildman–Crippen LogP) is 7.06. The molecule has 0 saturated heterocycles. The van der Waals surface area contributed by atoms with Crippen molar-refractivity contribution in [2.75, 3.05) is 0 Å². The number of aromatic hydroxyl groups is 1. The lowest BCUT2D eigenvalue weighted by atomic mass is 9.73. The predicted molar refractivity (Wildman–Crippen MR) is 136 cm³/mol. The van der Waals surface area contributed by atoms with E-state index in [0.29, 0.717) is 23.0 Å². The zero-order valence-electron chi connectivity index (χ0n) is 21.0. The number of fused-ring (bicyclic) bond motifs is 2. The van der Waals surface area contributed by atoms with Crippen molar-refractivity contribution in [3.05, 3.63) is 59.2 Å². The average molecular weight is 459 g/mol. The Kier molecular flexibility index (Phi) is 5.34. The summed E-state index contributed by atoms with van der Waals surface area (Å²) in [6.45, 7) is 13.1. The van der Waals surface area contributed by atoms with Gasteiger partial charge in [-0.25, -0.2) is 9.98 Å². The highest BCUT2D eigenvalue weighted by molar-refractivity contribution is 5.96. The van der Waals surface area contributed by atoms with Crippen molar-refractivity contribution in [1.29, 1.82) is 0 Å². The van der Waals surface area contributed by atoms with Gasteiger partial charge in [-0.1, -0.05) is 41.0 Å². The van der Waals surface area contributed by atoms with Crippen molar-refractivity contribution >= 4 is 16.8 Å². The van der Waals surface area contributed by atoms with Crippen LogP contribution in [0, 0.1) is 12.3 Å². The highest BCUT2D eigenvalue weighted by Crippen LogP contribution is 2.43. The molecule has 2 aromatic carbocycles. The maximum atomic E-state index is 10.4. The van der Waals surface area contributed by atoms with Gasteiger partial charge >= 0.3 is 0 Å². The fraction of sp³-hybridized carbons (Fsp3) is 0.448. The van der Waals surface area contributed by atoms with Gasteiger partial charge in [0, 0.05) is 22.4 Å². The average Bonchev–Trinajstić information content (AvgIpc) is 3.19. The molecule has 3 aromatic rings. The second-order valence-corrected chi connectivity index (χ2v) is 11.5. The lowest BCUT2D eigenvalue weighted by Crippen LogP contribution is -2.41. The highest BCUT2D eigenvalue weighted by Gasteiger charge is 2.45. The Balaban J connectivity index is 1.51. The Bertz CT molecular complexity index is 1290. The summed E-state index contributed by atoms with van der Waals surface area (Å²) >= 11 is 0. The molecule has 1 aliphatic carbocycles. The minimum Gasteiger partial charge on any atom is -0.506 e. The van der Waals surface area contributed by atoms with E-state index in [1.54, 1.807) is 6.07 Å². The summed E-state index contributed by atoms with van der Waals surface area (Å²) in [6, 6.07) is 13.9. The molecule has 5 heteroatoms. The summed E-state index contributed by atoms with van der Waals surface area (Å²) in [7, 11) is 0. The number of aromatic nitrogens is 1. The van der Waals surface area contributed by atoms with Crippen LogP contribution in [0.4, 0.5) is 0 Å². The summed E-state index contributed by atoms with van der Waals surface area (Å²) in [5, 5.41) is 11.3. The topological polar surface area (TPSA) is 63.9 Å². The quantitative estimate of drug-likeness (QED) is 0.456. The number of aryl methyl sites for hydroxylation is 1. The summed E-state index contributed by atoms with van der Waals surface area (Å²) in [5.74, 6) is 1.98. The zero-order valence-corrected chi connectivity index (χ0v) is 21.0. The van der Waals surface area contributed by atoms with Crippen molar-refractivity contribution in [2.24, 2.45) is 10.4 Å². The van der Waals surface area contributed by atoms with E-state index in [9.17, 15) is 5.11 Å². The molecule has 2 heterocycles. The van der Waals surface area contributed by atoms with Crippen LogP contribution in [0.5, 0.6) is 17.4 Å². The molecule has 0 bridgehead atoms. The first-order chi connectivity index (χ1) is 16.0. The minimum atomic E-state index is -0.0775. The Morgan fingerprint density at radius 3 is 2.62 bits per heavy atom. The molecule has 34 heavy (non-hydrogen) atoms. The summed E-state index contributed by atoms with van der Waals surface area (Å²) in [6.07, 6.45) is 3.54. The smallest absolute Gasteiger partial charge is 0.219 e. The Hall–Kier alpha value is -3.08. The third-order valence-corrected chi connectivity index (χ3v) is 7.10. The number of ether oxygens (including phenoxy) is 2. The number of aliphatic imine (C=N–C) groups is 1. The van der Waals surface area contributed by atoms with Crippen LogP contribution >= 0.6 is 0 Å². The molecule has 1 saturated carbocycles. The first-order valence-corrected chi connectivity index (χ1v) is 12.2. The van der Waals surface area contributed by atoms with Gasteiger partial charge in [0.2, 0.25) is 11.8 Å². The van der Waals surface area contributed by atoms with Crippen molar-refractivity contribution in [2.45, 2.75) is 78.4 Å². The van der Waals surface area contributed by atoms with Crippen LogP contribution in [0.3, 0.4) is 0 Å². The van der Waals surface area contributed by atoms with E-state index in [4.69, 9.17) is 14.5 Å². The van der Waals surface area contributed by atoms with Crippen LogP contribution < -0.4 is 4.74 Å². The second-order valence-electron chi connectivity index (χ2n) is 11.5. The molecule has 0 unspecified atom stereocenters. The number of phenolic OH excluding ortho intramolecular Hbond substituents is 1. The van der Waals surface area contributed by atoms with Crippen molar-refractivity contribution in [3.63, 3.8) is 0 Å². The molecular formula is C29H34N2O3. The van der Waals surface area contributed by atoms with E-state index in [1.807, 2.05) is 31.2 Å². The summed E-state index contributed by atoms with van der Waals surface area (Å²) in [5.41, 5.74) is 3.64. The number of hydrogen-bond acceptors (Lipinski definition) is 5. The molecule has 2 aliphatic rings. The highest BCUT2D eigenvalue weighted by atomic mass is 16.5. The van der Waals surface area contributed by atoms with Crippen molar-refractivity contribution in [1.82, 2.24) is 4.98 Å². The van der Waals surface area contributed by atoms with Crippen LogP contribution in [-0.2, 0) is 10.2 Å². The largest absolute Gasteiger partial charge is 0.506 e. The number of nitrogens with zero attached hydrogens (tertiary/aromatic N) is 2. The molecule has 1 aliphatic heterocycles. The van der Waals surface area contributed by atoms with Crippen LogP contribution in [0.2, 0.25) is 0 Å². The Morgan fingerprint density at radius 2 is 1.88 bits per heavy atom. The van der Waals surface area contributed by atoms with Gasteiger partial charge in [0.05, 0.1) is 6.04 Å². The van der Waals surface area contributed by atoms with E-state index in [-0.39, 0.29) is 28.7 Å². The molecule has 1 aromatic heterocycles. The van der Waals surface area contributed by atoms with Gasteiger partial charge in [-0.05, 0) is 72.7 Å². The first kappa shape index (κ1) is 22.7. The normalized spacial score (nSPS) is 21.6. The number of rotatable bonds is 3. The van der Waals surface area contributed by atoms with E-state index in [1.165, 1.54) is 6.42 Å². The van der Waals surface area contributed by atoms with Gasteiger partial charge < -0.3 is 14.6 Å². The molecule has 0 radical (unpaired) electrons. The molecule has 5 nitrogen and oxygen atoms in total. The van der Waals surface area contributed by atoms with Gasteiger partial charge in [-0.15, -0.1) is 0 Å². The van der Waals surface area contributed by atoms with E-state index < -0.39 is 0 Å². The Morgan fingerprint density at radius 1 is 1.09 bits per heavy atom. The van der Waals surface area contributed by atoms with Crippen molar-refractivity contribution in [3.8, 4) is 17.4 Å². The molecular weight excluding hydrogens is 424 g/mol. The van der Waals surface area contributed by atoms with Gasteiger partial charge in [-0.3, -0.25) is 0 Å². The molecule has 1 fully saturated rings. The lowest BCUT2D eigenvalue weighted by Gasteiger charge is -2.38. The number of pyridine rings is 1. The Labute approximate surface area is 201 Å². The van der Waals surface area contributed by atoms with Gasteiger partial charge in [0.1, 0.15) is 23.1 Å². The molecule has 0 amide bonds. The van der Waals surface area contributed by atoms with Gasteiger partial charge in [0.15, 0.2) is 0 Å². The number of benzene rings is 2. The van der Waals surface area contributed by atoms with Gasteiger partial charge in [-0.2, -0.15) is 0 Å². The zero-order chi connectivity index (χ0) is 24.3. The first-order valence-electron chi connectivity index (χ1n) is 12.2. The monoisotopic (exact) mass is 458 g/mol. The number of hydrogen-bond donors (Lipinski definition) is 1. The second kappa shape index (κ2) is 8.00. The maximum Gasteiger partial charge on any atom is 0.219 e. The van der Waals surface area contributed by atoms with Crippen LogP contribution in [0.15, 0.2) is 47.5 Å². The van der Waals surface area contributed by atoms with E-state index in [2.05, 4.69) is 51.7 Å². The van der Waals surface area contributed by atoms with E-state index >= 15 is 0 Å². The molecule has 1 N–H and O–H groups in total. The van der Waals surface area contributed by atoms with Crippen LogP contribution in [0.25, 0.3) is 10.9 Å². The van der Waals surface area contributed by atoms with E-state index in [0.717, 1.165) is 34.9 Å². The fourth-order valence-electron chi connectivity index (χ4n) is 5.13. The van der Waals surface area contributed by atoms with Crippen molar-refractivity contribution < 1.29 is 14.6 Å². The lowest BCUT2D eigenvalue weighted by molar-refractivity contribution is 0.0303. The molecule has 2 atom stereocenters. The summed E-state index contributed by atoms with van der Waals surface area (Å²) in [4.78, 5) is 9.57. The standard InChI is InChI=1S/C29H34N2O3/c1-17-12-18-9-10-24(31-25(18)23(32)13-17)33-21-15-19(14-20(16-21)28(2,3)4)27-30-22-8-7-11-29(5,6)26(22)34-27/h9-10,12-16,22,26,32H,7-8,11H2,1-6H3/t22-,26-/m0/s1. The third-order valence-electron chi connectivity index (χ3n) is 7.10. The van der Waals surface area contributed by atoms with Crippen LogP contribution in [-0.4, -0.2) is 28.1 Å². The maximum absolute atomic E-state index is 10.4. The fourth-order valence-corrected chi connectivity index (χ4v) is 5.13. The molecule has 5 rings (SSSR count). The third kappa shape index (κ3) is 4.24. The molecule has 0 spiro atoms. The summed E-state index contributed by atoms with van der Waals surface area (Å²) < 4.78 is 12.7. The minimum absolute atomic E-state index is 0.0775. The van der Waals surface area contributed by atoms with Crippen LogP contribution in [0.1, 0.15) is 70.6 Å². The molecule has 178 valence electrons. The SMILES string of the molecule is Cc1cc(O)c2nc(Oc3cc(C4=N[C@H]5CCCC(C)(C)[C@H]5O4)cc(C(C)(C)C)c3)ccc2c1. The number of phenols is 1.